The van der Waals surface area contributed by atoms with Crippen molar-refractivity contribution < 1.29 is 48.4 Å². The third kappa shape index (κ3) is 4.45. The first kappa shape index (κ1) is 22.8. The molecular weight excluding hydrogens is 460 g/mol. The highest BCUT2D eigenvalue weighted by Gasteiger charge is 2.50. The third-order valence-corrected chi connectivity index (χ3v) is 5.41. The van der Waals surface area contributed by atoms with Crippen molar-refractivity contribution in [2.75, 3.05) is 19.5 Å². The van der Waals surface area contributed by atoms with Crippen LogP contribution in [-0.2, 0) is 10.1 Å². The molecule has 172 valence electrons. The molecule has 0 saturated carbocycles. The molecule has 0 radical (unpaired) electrons. The summed E-state index contributed by atoms with van der Waals surface area (Å²) in [5.74, 6) is -0.931. The molecule has 1 aromatic heterocycles. The summed E-state index contributed by atoms with van der Waals surface area (Å²) in [4.78, 5) is 0. The van der Waals surface area contributed by atoms with Crippen LogP contribution in [0.2, 0.25) is 0 Å². The summed E-state index contributed by atoms with van der Waals surface area (Å²) in [6, 6.07) is 1.85. The van der Waals surface area contributed by atoms with Crippen LogP contribution in [0.25, 0.3) is 0 Å². The molecule has 2 heterocycles. The Labute approximate surface area is 171 Å². The van der Waals surface area contributed by atoms with E-state index in [9.17, 15) is 34.8 Å². The Kier molecular flexibility index (Phi) is 5.67. The molecule has 15 heteroatoms. The second-order valence-electron chi connectivity index (χ2n) is 6.40. The molecule has 31 heavy (non-hydrogen) atoms. The molecule has 2 aromatic rings. The van der Waals surface area contributed by atoms with E-state index in [1.165, 1.54) is 32.4 Å². The number of alkyl halides is 6. The summed E-state index contributed by atoms with van der Waals surface area (Å²) in [6.07, 6.45) is -5.42. The van der Waals surface area contributed by atoms with Gasteiger partial charge in [0.1, 0.15) is 5.82 Å². The van der Waals surface area contributed by atoms with Gasteiger partial charge in [-0.25, -0.2) is 4.68 Å². The van der Waals surface area contributed by atoms with Gasteiger partial charge in [-0.3, -0.25) is 0 Å². The van der Waals surface area contributed by atoms with Crippen LogP contribution in [0.5, 0.6) is 17.4 Å². The van der Waals surface area contributed by atoms with Gasteiger partial charge in [0.25, 0.3) is 5.88 Å². The number of fused-ring (bicyclic) bond motifs is 1. The highest BCUT2D eigenvalue weighted by molar-refractivity contribution is 7.87. The summed E-state index contributed by atoms with van der Waals surface area (Å²) in [5, 5.41) is 5.97. The van der Waals surface area contributed by atoms with Crippen molar-refractivity contribution in [3.63, 3.8) is 0 Å². The second-order valence-corrected chi connectivity index (χ2v) is 7.94. The number of rotatable bonds is 5. The van der Waals surface area contributed by atoms with Gasteiger partial charge < -0.3 is 19.0 Å². The maximum Gasteiger partial charge on any atom is 0.534 e. The molecule has 1 aromatic carbocycles. The monoisotopic (exact) mass is 475 g/mol. The average Bonchev–Trinajstić information content (AvgIpc) is 3.06. The van der Waals surface area contributed by atoms with E-state index in [0.717, 1.165) is 0 Å². The Morgan fingerprint density at radius 1 is 1.06 bits per heavy atom. The zero-order valence-corrected chi connectivity index (χ0v) is 16.6. The van der Waals surface area contributed by atoms with Crippen molar-refractivity contribution in [2.24, 2.45) is 0 Å². The van der Waals surface area contributed by atoms with E-state index in [-0.39, 0.29) is 11.6 Å². The molecule has 3 rings (SSSR count). The molecule has 0 bridgehead atoms. The Hall–Kier alpha value is -2.84. The highest BCUT2D eigenvalue weighted by atomic mass is 32.2. The largest absolute Gasteiger partial charge is 0.534 e. The van der Waals surface area contributed by atoms with Crippen LogP contribution in [-0.4, -0.2) is 44.1 Å². The minimum absolute atomic E-state index is 0.254. The fraction of sp³-hybridized carbons (Fsp3) is 0.438. The summed E-state index contributed by atoms with van der Waals surface area (Å²) >= 11 is 0. The maximum atomic E-state index is 13.6. The first-order chi connectivity index (χ1) is 14.3. The van der Waals surface area contributed by atoms with E-state index in [1.807, 2.05) is 0 Å². The van der Waals surface area contributed by atoms with Gasteiger partial charge in [-0.15, -0.1) is 5.10 Å². The van der Waals surface area contributed by atoms with Crippen LogP contribution in [0.1, 0.15) is 24.1 Å². The first-order valence-corrected chi connectivity index (χ1v) is 9.83. The molecule has 0 amide bonds. The summed E-state index contributed by atoms with van der Waals surface area (Å²) in [7, 11) is -3.38. The van der Waals surface area contributed by atoms with Crippen LogP contribution in [0, 0.1) is 0 Å². The number of nitrogens with zero attached hydrogens (tertiary/aromatic N) is 2. The fourth-order valence-electron chi connectivity index (χ4n) is 3.04. The van der Waals surface area contributed by atoms with Gasteiger partial charge in [-0.2, -0.15) is 34.8 Å². The van der Waals surface area contributed by atoms with Crippen molar-refractivity contribution in [2.45, 2.75) is 30.2 Å². The van der Waals surface area contributed by atoms with Crippen molar-refractivity contribution in [3.05, 3.63) is 29.8 Å². The fourth-order valence-corrected chi connectivity index (χ4v) is 3.44. The lowest BCUT2D eigenvalue weighted by molar-refractivity contribution is -0.173. The second kappa shape index (κ2) is 7.69. The van der Waals surface area contributed by atoms with Crippen LogP contribution >= 0.6 is 0 Å². The minimum Gasteiger partial charge on any atom is -0.493 e. The van der Waals surface area contributed by atoms with E-state index >= 15 is 0 Å². The molecule has 2 atom stereocenters. The Bertz CT molecular complexity index is 1070. The third-order valence-electron chi connectivity index (χ3n) is 4.46. The predicted octanol–water partition coefficient (Wildman–Crippen LogP) is 3.79. The SMILES string of the molecule is COc1ccc([C@H]2C[C@@H](C(F)(F)F)n3nc(OS(=O)(=O)C(F)(F)F)cc3N2)cc1OC. The maximum absolute atomic E-state index is 13.6. The van der Waals surface area contributed by atoms with Crippen molar-refractivity contribution in [1.82, 2.24) is 9.78 Å². The predicted molar refractivity (Wildman–Crippen MR) is 93.4 cm³/mol. The molecule has 0 fully saturated rings. The van der Waals surface area contributed by atoms with E-state index in [4.69, 9.17) is 9.47 Å². The molecule has 1 aliphatic heterocycles. The van der Waals surface area contributed by atoms with E-state index in [1.54, 1.807) is 0 Å². The number of benzene rings is 1. The van der Waals surface area contributed by atoms with Gasteiger partial charge in [-0.05, 0) is 17.7 Å². The number of nitrogens with one attached hydrogen (secondary N) is 1. The van der Waals surface area contributed by atoms with E-state index in [0.29, 0.717) is 22.1 Å². The van der Waals surface area contributed by atoms with Crippen LogP contribution < -0.4 is 19.0 Å². The quantitative estimate of drug-likeness (QED) is 0.400. The molecule has 0 aliphatic carbocycles. The molecule has 1 aliphatic rings. The number of anilines is 1. The summed E-state index contributed by atoms with van der Waals surface area (Å²) in [6.45, 7) is 0. The molecule has 0 spiro atoms. The number of hydrogen-bond donors (Lipinski definition) is 1. The molecule has 8 nitrogen and oxygen atoms in total. The summed E-state index contributed by atoms with van der Waals surface area (Å²) < 4.78 is 115. The van der Waals surface area contributed by atoms with Gasteiger partial charge >= 0.3 is 21.8 Å². The molecule has 1 N–H and O–H groups in total. The van der Waals surface area contributed by atoms with E-state index < -0.39 is 46.2 Å². The zero-order chi connectivity index (χ0) is 23.2. The summed E-state index contributed by atoms with van der Waals surface area (Å²) in [5.41, 5.74) is -5.40. The molecular formula is C16H15F6N3O5S. The van der Waals surface area contributed by atoms with Gasteiger partial charge in [0.05, 0.1) is 20.3 Å². The van der Waals surface area contributed by atoms with Crippen molar-refractivity contribution in [3.8, 4) is 17.4 Å². The van der Waals surface area contributed by atoms with Crippen molar-refractivity contribution in [1.29, 1.82) is 0 Å². The number of hydrogen-bond acceptors (Lipinski definition) is 7. The zero-order valence-electron chi connectivity index (χ0n) is 15.8. The lowest BCUT2D eigenvalue weighted by Crippen LogP contribution is -2.35. The molecule has 0 saturated heterocycles. The van der Waals surface area contributed by atoms with Crippen LogP contribution in [0.4, 0.5) is 32.2 Å². The smallest absolute Gasteiger partial charge is 0.493 e. The highest BCUT2D eigenvalue weighted by Crippen LogP contribution is 2.45. The van der Waals surface area contributed by atoms with Gasteiger partial charge in [0.2, 0.25) is 0 Å². The standard InChI is InChI=1S/C16H15F6N3O5S/c1-28-10-4-3-8(5-11(10)29-2)9-6-12(15(17,18)19)25-13(23-9)7-14(24-25)30-31(26,27)16(20,21)22/h3-5,7,9,12,23H,6H2,1-2H3/t9-,12+/m1/s1. The van der Waals surface area contributed by atoms with E-state index in [2.05, 4.69) is 14.6 Å². The lowest BCUT2D eigenvalue weighted by Gasteiger charge is -2.33. The number of ether oxygens (including phenoxy) is 2. The first-order valence-electron chi connectivity index (χ1n) is 8.42. The van der Waals surface area contributed by atoms with Gasteiger partial charge in [0, 0.05) is 12.5 Å². The minimum atomic E-state index is -6.10. The number of aromatic nitrogens is 2. The van der Waals surface area contributed by atoms with Gasteiger partial charge in [-0.1, -0.05) is 6.07 Å². The normalized spacial score (nSPS) is 19.4. The molecule has 0 unspecified atom stereocenters. The van der Waals surface area contributed by atoms with Crippen LogP contribution in [0.3, 0.4) is 0 Å². The Morgan fingerprint density at radius 2 is 1.71 bits per heavy atom. The topological polar surface area (TPSA) is 91.7 Å². The van der Waals surface area contributed by atoms with Crippen LogP contribution in [0.15, 0.2) is 24.3 Å². The van der Waals surface area contributed by atoms with Gasteiger partial charge in [0.15, 0.2) is 17.5 Å². The lowest BCUT2D eigenvalue weighted by atomic mass is 9.96. The van der Waals surface area contributed by atoms with Crippen molar-refractivity contribution >= 4 is 15.9 Å². The number of methoxy groups -OCH3 is 2. The number of halogens is 6. The Balaban J connectivity index is 1.99. The Morgan fingerprint density at radius 3 is 2.26 bits per heavy atom. The average molecular weight is 475 g/mol.